The summed E-state index contributed by atoms with van der Waals surface area (Å²) in [5.41, 5.74) is 0. The maximum absolute atomic E-state index is 11.2. The molecule has 7 heteroatoms. The molecule has 0 aromatic heterocycles. The lowest BCUT2D eigenvalue weighted by atomic mass is 10.5. The molecule has 0 amide bonds. The smallest absolute Gasteiger partial charge is 0.322 e. The first-order valence-corrected chi connectivity index (χ1v) is 6.42. The van der Waals surface area contributed by atoms with Gasteiger partial charge in [-0.15, -0.1) is 0 Å². The molecule has 6 nitrogen and oxygen atoms in total. The number of sulfonamides is 1. The fourth-order valence-electron chi connectivity index (χ4n) is 0.862. The molecule has 0 aliphatic heterocycles. The third-order valence-electron chi connectivity index (χ3n) is 1.59. The van der Waals surface area contributed by atoms with Gasteiger partial charge in [0.2, 0.25) is 10.0 Å². The maximum Gasteiger partial charge on any atom is 0.322 e. The Morgan fingerprint density at radius 3 is 2.47 bits per heavy atom. The number of rotatable bonds is 8. The molecule has 15 heavy (non-hydrogen) atoms. The van der Waals surface area contributed by atoms with Crippen LogP contribution in [0.4, 0.5) is 0 Å². The summed E-state index contributed by atoms with van der Waals surface area (Å²) in [6.07, 6.45) is 0.995. The third kappa shape index (κ3) is 8.34. The van der Waals surface area contributed by atoms with Crippen molar-refractivity contribution in [3.63, 3.8) is 0 Å². The van der Waals surface area contributed by atoms with Gasteiger partial charge in [-0.1, -0.05) is 6.92 Å². The third-order valence-corrected chi connectivity index (χ3v) is 2.85. The Kier molecular flexibility index (Phi) is 7.27. The molecule has 0 aromatic rings. The van der Waals surface area contributed by atoms with Crippen molar-refractivity contribution in [2.45, 2.75) is 13.3 Å². The highest BCUT2D eigenvalue weighted by Crippen LogP contribution is 1.85. The number of methoxy groups -OCH3 is 1. The van der Waals surface area contributed by atoms with Crippen LogP contribution < -0.4 is 10.0 Å². The van der Waals surface area contributed by atoms with Gasteiger partial charge in [-0.2, -0.15) is 0 Å². The van der Waals surface area contributed by atoms with E-state index < -0.39 is 21.7 Å². The van der Waals surface area contributed by atoms with Crippen molar-refractivity contribution < 1.29 is 17.9 Å². The molecule has 0 radical (unpaired) electrons. The zero-order chi connectivity index (χ0) is 11.7. The van der Waals surface area contributed by atoms with E-state index in [1.165, 1.54) is 0 Å². The van der Waals surface area contributed by atoms with Crippen molar-refractivity contribution in [2.75, 3.05) is 32.5 Å². The lowest BCUT2D eigenvalue weighted by Crippen LogP contribution is -2.35. The number of hydrogen-bond donors (Lipinski definition) is 2. The summed E-state index contributed by atoms with van der Waals surface area (Å²) in [5.74, 6) is -1.39. The van der Waals surface area contributed by atoms with E-state index >= 15 is 0 Å². The number of carbonyl (C=O) groups is 1. The van der Waals surface area contributed by atoms with E-state index in [9.17, 15) is 13.2 Å². The first-order chi connectivity index (χ1) is 7.02. The molecular formula is C8H18N2O4S. The van der Waals surface area contributed by atoms with E-state index in [-0.39, 0.29) is 6.54 Å². The fourth-order valence-corrected chi connectivity index (χ4v) is 1.81. The Morgan fingerprint density at radius 1 is 1.27 bits per heavy atom. The molecule has 0 aliphatic carbocycles. The Bertz CT molecular complexity index is 276. The van der Waals surface area contributed by atoms with Gasteiger partial charge in [0.05, 0.1) is 7.11 Å². The van der Waals surface area contributed by atoms with E-state index in [1.807, 2.05) is 6.92 Å². The minimum Gasteiger partial charge on any atom is -0.468 e. The molecule has 0 unspecified atom stereocenters. The van der Waals surface area contributed by atoms with E-state index in [0.717, 1.165) is 20.1 Å². The second-order valence-electron chi connectivity index (χ2n) is 2.98. The predicted octanol–water partition coefficient (Wildman–Crippen LogP) is -0.922. The standard InChI is InChI=1S/C8H18N2O4S/c1-3-4-9-5-6-10-15(12,13)7-8(11)14-2/h9-10H,3-7H2,1-2H3. The average Bonchev–Trinajstić information content (AvgIpc) is 2.16. The second kappa shape index (κ2) is 7.61. The van der Waals surface area contributed by atoms with Gasteiger partial charge in [0.25, 0.3) is 0 Å². The van der Waals surface area contributed by atoms with Gasteiger partial charge >= 0.3 is 5.97 Å². The monoisotopic (exact) mass is 238 g/mol. The van der Waals surface area contributed by atoms with Gasteiger partial charge in [0.15, 0.2) is 5.75 Å². The number of nitrogens with one attached hydrogen (secondary N) is 2. The highest BCUT2D eigenvalue weighted by atomic mass is 32.2. The Labute approximate surface area is 90.4 Å². The van der Waals surface area contributed by atoms with Crippen LogP contribution in [0.25, 0.3) is 0 Å². The van der Waals surface area contributed by atoms with Gasteiger partial charge in [-0.3, -0.25) is 4.79 Å². The largest absolute Gasteiger partial charge is 0.468 e. The number of ether oxygens (including phenoxy) is 1. The molecule has 0 atom stereocenters. The maximum atomic E-state index is 11.2. The van der Waals surface area contributed by atoms with Gasteiger partial charge in [0, 0.05) is 13.1 Å². The van der Waals surface area contributed by atoms with Crippen LogP contribution in [-0.2, 0) is 19.6 Å². The molecule has 0 heterocycles. The second-order valence-corrected chi connectivity index (χ2v) is 4.79. The lowest BCUT2D eigenvalue weighted by molar-refractivity contribution is -0.137. The van der Waals surface area contributed by atoms with Gasteiger partial charge < -0.3 is 10.1 Å². The highest BCUT2D eigenvalue weighted by molar-refractivity contribution is 7.90. The SMILES string of the molecule is CCCNCCNS(=O)(=O)CC(=O)OC. The number of hydrogen-bond acceptors (Lipinski definition) is 5. The topological polar surface area (TPSA) is 84.5 Å². The van der Waals surface area contributed by atoms with Crippen LogP contribution in [0.3, 0.4) is 0 Å². The van der Waals surface area contributed by atoms with Crippen molar-refractivity contribution in [3.8, 4) is 0 Å². The summed E-state index contributed by atoms with van der Waals surface area (Å²) in [4.78, 5) is 10.7. The summed E-state index contributed by atoms with van der Waals surface area (Å²) >= 11 is 0. The van der Waals surface area contributed by atoms with Crippen LogP contribution >= 0.6 is 0 Å². The molecule has 0 aromatic carbocycles. The molecule has 0 saturated carbocycles. The normalized spacial score (nSPS) is 11.3. The molecule has 2 N–H and O–H groups in total. The average molecular weight is 238 g/mol. The summed E-state index contributed by atoms with van der Waals surface area (Å²) in [7, 11) is -2.39. The number of esters is 1. The van der Waals surface area contributed by atoms with Crippen LogP contribution in [-0.4, -0.2) is 46.9 Å². The molecule has 0 spiro atoms. The Morgan fingerprint density at radius 2 is 1.93 bits per heavy atom. The van der Waals surface area contributed by atoms with Gasteiger partial charge in [-0.25, -0.2) is 13.1 Å². The Hall–Kier alpha value is -0.660. The van der Waals surface area contributed by atoms with Crippen molar-refractivity contribution in [2.24, 2.45) is 0 Å². The summed E-state index contributed by atoms with van der Waals surface area (Å²) in [6.45, 7) is 3.70. The molecule has 0 bridgehead atoms. The Balaban J connectivity index is 3.70. The van der Waals surface area contributed by atoms with Gasteiger partial charge in [-0.05, 0) is 13.0 Å². The van der Waals surface area contributed by atoms with E-state index in [1.54, 1.807) is 0 Å². The molecule has 0 aliphatic rings. The lowest BCUT2D eigenvalue weighted by Gasteiger charge is -2.06. The van der Waals surface area contributed by atoms with Crippen LogP contribution in [0.15, 0.2) is 0 Å². The first kappa shape index (κ1) is 14.3. The molecule has 90 valence electrons. The van der Waals surface area contributed by atoms with Crippen molar-refractivity contribution in [3.05, 3.63) is 0 Å². The zero-order valence-electron chi connectivity index (χ0n) is 9.08. The molecule has 0 fully saturated rings. The van der Waals surface area contributed by atoms with Crippen molar-refractivity contribution >= 4 is 16.0 Å². The molecule has 0 saturated heterocycles. The number of carbonyl (C=O) groups excluding carboxylic acids is 1. The van der Waals surface area contributed by atoms with E-state index in [0.29, 0.717) is 6.54 Å². The van der Waals surface area contributed by atoms with Crippen LogP contribution in [0.2, 0.25) is 0 Å². The minimum atomic E-state index is -3.54. The predicted molar refractivity (Wildman–Crippen MR) is 57.0 cm³/mol. The molecular weight excluding hydrogens is 220 g/mol. The summed E-state index contributed by atoms with van der Waals surface area (Å²) in [5, 5.41) is 3.03. The van der Waals surface area contributed by atoms with Crippen molar-refractivity contribution in [1.82, 2.24) is 10.0 Å². The van der Waals surface area contributed by atoms with E-state index in [2.05, 4.69) is 14.8 Å². The van der Waals surface area contributed by atoms with Crippen LogP contribution in [0, 0.1) is 0 Å². The van der Waals surface area contributed by atoms with Gasteiger partial charge in [0.1, 0.15) is 0 Å². The van der Waals surface area contributed by atoms with E-state index in [4.69, 9.17) is 0 Å². The molecule has 0 rings (SSSR count). The fraction of sp³-hybridized carbons (Fsp3) is 0.875. The summed E-state index contributed by atoms with van der Waals surface area (Å²) in [6, 6.07) is 0. The quantitative estimate of drug-likeness (QED) is 0.422. The zero-order valence-corrected chi connectivity index (χ0v) is 9.89. The van der Waals surface area contributed by atoms with Crippen molar-refractivity contribution in [1.29, 1.82) is 0 Å². The minimum absolute atomic E-state index is 0.277. The van der Waals surface area contributed by atoms with Crippen LogP contribution in [0.1, 0.15) is 13.3 Å². The van der Waals surface area contributed by atoms with Crippen LogP contribution in [0.5, 0.6) is 0 Å². The highest BCUT2D eigenvalue weighted by Gasteiger charge is 2.15. The first-order valence-electron chi connectivity index (χ1n) is 4.76. The summed E-state index contributed by atoms with van der Waals surface area (Å²) < 4.78 is 28.9.